The van der Waals surface area contributed by atoms with E-state index in [0.717, 1.165) is 16.9 Å². The Morgan fingerprint density at radius 1 is 1.39 bits per heavy atom. The molecule has 0 saturated carbocycles. The van der Waals surface area contributed by atoms with Gasteiger partial charge in [0, 0.05) is 11.1 Å². The van der Waals surface area contributed by atoms with Crippen LogP contribution in [0.25, 0.3) is 0 Å². The fourth-order valence-electron chi connectivity index (χ4n) is 1.89. The first-order valence-corrected chi connectivity index (χ1v) is 5.74. The highest BCUT2D eigenvalue weighted by atomic mass is 16.5. The molecule has 6 N–H and O–H groups in total. The van der Waals surface area contributed by atoms with Gasteiger partial charge in [-0.2, -0.15) is 5.10 Å². The minimum absolute atomic E-state index is 0.258. The van der Waals surface area contributed by atoms with E-state index < -0.39 is 0 Å². The summed E-state index contributed by atoms with van der Waals surface area (Å²) in [6.07, 6.45) is 1.66. The van der Waals surface area contributed by atoms with Crippen LogP contribution < -0.4 is 21.7 Å². The molecule has 1 unspecified atom stereocenters. The van der Waals surface area contributed by atoms with E-state index in [1.165, 1.54) is 0 Å². The number of nitrogens with two attached hydrogens (primary N) is 2. The normalized spacial score (nSPS) is 12.3. The van der Waals surface area contributed by atoms with Gasteiger partial charge in [-0.25, -0.2) is 5.43 Å². The summed E-state index contributed by atoms with van der Waals surface area (Å²) in [7, 11) is 0. The molecular weight excluding hydrogens is 230 g/mol. The number of H-pyrrole nitrogens is 1. The first-order valence-electron chi connectivity index (χ1n) is 5.74. The van der Waals surface area contributed by atoms with Crippen LogP contribution in [0.1, 0.15) is 24.1 Å². The number of para-hydroxylation sites is 1. The number of ether oxygens (including phenoxy) is 1. The molecule has 2 rings (SSSR count). The fraction of sp³-hybridized carbons (Fsp3) is 0.250. The summed E-state index contributed by atoms with van der Waals surface area (Å²) in [5.41, 5.74) is 10.3. The zero-order chi connectivity index (χ0) is 13.0. The molecule has 96 valence electrons. The number of nitrogens with zero attached hydrogens (tertiary/aromatic N) is 1. The smallest absolute Gasteiger partial charge is 0.124 e. The lowest BCUT2D eigenvalue weighted by atomic mass is 10.0. The molecule has 6 nitrogen and oxygen atoms in total. The maximum Gasteiger partial charge on any atom is 0.124 e. The van der Waals surface area contributed by atoms with Crippen LogP contribution in [0.4, 0.5) is 5.82 Å². The first kappa shape index (κ1) is 12.4. The molecule has 0 aliphatic heterocycles. The van der Waals surface area contributed by atoms with Crippen molar-refractivity contribution in [3.05, 3.63) is 41.6 Å². The van der Waals surface area contributed by atoms with Crippen molar-refractivity contribution < 1.29 is 4.74 Å². The molecule has 0 fully saturated rings. The lowest BCUT2D eigenvalue weighted by molar-refractivity contribution is 0.333. The minimum atomic E-state index is -0.258. The Hall–Kier alpha value is -2.05. The average Bonchev–Trinajstić information content (AvgIpc) is 2.79. The minimum Gasteiger partial charge on any atom is -0.494 e. The molecule has 0 spiro atoms. The van der Waals surface area contributed by atoms with E-state index in [1.807, 2.05) is 31.2 Å². The number of benzene rings is 1. The Bertz CT molecular complexity index is 511. The monoisotopic (exact) mass is 247 g/mol. The van der Waals surface area contributed by atoms with Crippen molar-refractivity contribution >= 4 is 5.82 Å². The second-order valence-electron chi connectivity index (χ2n) is 3.81. The van der Waals surface area contributed by atoms with Crippen LogP contribution in [0.2, 0.25) is 0 Å². The molecule has 1 atom stereocenters. The lowest BCUT2D eigenvalue weighted by Gasteiger charge is -2.19. The molecule has 1 heterocycles. The molecule has 0 bridgehead atoms. The van der Waals surface area contributed by atoms with Crippen molar-refractivity contribution in [3.63, 3.8) is 0 Å². The van der Waals surface area contributed by atoms with E-state index in [-0.39, 0.29) is 6.04 Å². The molecule has 1 aromatic heterocycles. The predicted octanol–water partition coefficient (Wildman–Crippen LogP) is 0.943. The predicted molar refractivity (Wildman–Crippen MR) is 69.8 cm³/mol. The maximum atomic E-state index is 5.82. The maximum absolute atomic E-state index is 5.82. The van der Waals surface area contributed by atoms with Gasteiger partial charge in [0.25, 0.3) is 0 Å². The number of rotatable bonds is 5. The highest BCUT2D eigenvalue weighted by molar-refractivity contribution is 5.48. The van der Waals surface area contributed by atoms with E-state index in [4.69, 9.17) is 16.3 Å². The average molecular weight is 247 g/mol. The van der Waals surface area contributed by atoms with Crippen molar-refractivity contribution in [3.8, 4) is 5.75 Å². The zero-order valence-corrected chi connectivity index (χ0v) is 10.2. The molecule has 0 saturated heterocycles. The second-order valence-corrected chi connectivity index (χ2v) is 3.81. The van der Waals surface area contributed by atoms with E-state index in [2.05, 4.69) is 15.6 Å². The van der Waals surface area contributed by atoms with E-state index in [9.17, 15) is 0 Å². The van der Waals surface area contributed by atoms with Gasteiger partial charge in [-0.1, -0.05) is 18.2 Å². The van der Waals surface area contributed by atoms with Crippen LogP contribution in [0.3, 0.4) is 0 Å². The molecule has 18 heavy (non-hydrogen) atoms. The number of nitrogen functional groups attached to an aromatic ring is 1. The number of aromatic amines is 1. The lowest BCUT2D eigenvalue weighted by Crippen LogP contribution is -2.29. The van der Waals surface area contributed by atoms with Gasteiger partial charge in [0.15, 0.2) is 0 Å². The number of hydrogen-bond donors (Lipinski definition) is 4. The van der Waals surface area contributed by atoms with Crippen LogP contribution >= 0.6 is 0 Å². The summed E-state index contributed by atoms with van der Waals surface area (Å²) < 4.78 is 5.59. The van der Waals surface area contributed by atoms with Crippen molar-refractivity contribution in [1.82, 2.24) is 15.6 Å². The quantitative estimate of drug-likeness (QED) is 0.465. The molecule has 0 radical (unpaired) electrons. The fourth-order valence-corrected chi connectivity index (χ4v) is 1.89. The largest absolute Gasteiger partial charge is 0.494 e. The number of hydrogen-bond acceptors (Lipinski definition) is 5. The third kappa shape index (κ3) is 2.29. The van der Waals surface area contributed by atoms with E-state index in [1.54, 1.807) is 6.20 Å². The van der Waals surface area contributed by atoms with Gasteiger partial charge in [0.05, 0.1) is 18.8 Å². The Kier molecular flexibility index (Phi) is 3.81. The van der Waals surface area contributed by atoms with Crippen LogP contribution in [0.15, 0.2) is 30.5 Å². The number of nitrogens with one attached hydrogen (secondary N) is 2. The van der Waals surface area contributed by atoms with E-state index in [0.29, 0.717) is 12.4 Å². The summed E-state index contributed by atoms with van der Waals surface area (Å²) in [6, 6.07) is 7.44. The number of anilines is 1. The number of aromatic nitrogens is 2. The van der Waals surface area contributed by atoms with Gasteiger partial charge < -0.3 is 10.5 Å². The Labute approximate surface area is 105 Å². The Morgan fingerprint density at radius 2 is 2.17 bits per heavy atom. The van der Waals surface area contributed by atoms with Gasteiger partial charge in [-0.3, -0.25) is 10.9 Å². The topological polar surface area (TPSA) is 102 Å². The van der Waals surface area contributed by atoms with Gasteiger partial charge >= 0.3 is 0 Å². The van der Waals surface area contributed by atoms with Crippen LogP contribution in [0, 0.1) is 0 Å². The molecule has 1 aromatic carbocycles. The summed E-state index contributed by atoms with van der Waals surface area (Å²) >= 11 is 0. The van der Waals surface area contributed by atoms with Crippen molar-refractivity contribution in [1.29, 1.82) is 0 Å². The van der Waals surface area contributed by atoms with Crippen molar-refractivity contribution in [2.75, 3.05) is 12.3 Å². The first-order chi connectivity index (χ1) is 8.77. The second kappa shape index (κ2) is 5.52. The van der Waals surface area contributed by atoms with Gasteiger partial charge in [-0.15, -0.1) is 0 Å². The van der Waals surface area contributed by atoms with Gasteiger partial charge in [-0.05, 0) is 13.0 Å². The van der Waals surface area contributed by atoms with E-state index >= 15 is 0 Å². The van der Waals surface area contributed by atoms with Crippen molar-refractivity contribution in [2.45, 2.75) is 13.0 Å². The third-order valence-corrected chi connectivity index (χ3v) is 2.71. The molecule has 0 aliphatic rings. The Morgan fingerprint density at radius 3 is 2.78 bits per heavy atom. The number of hydrazine groups is 1. The Balaban J connectivity index is 2.42. The highest BCUT2D eigenvalue weighted by Crippen LogP contribution is 2.31. The molecule has 2 aromatic rings. The zero-order valence-electron chi connectivity index (χ0n) is 10.2. The molecule has 0 aliphatic carbocycles. The third-order valence-electron chi connectivity index (χ3n) is 2.71. The summed E-state index contributed by atoms with van der Waals surface area (Å²) in [4.78, 5) is 0. The highest BCUT2D eigenvalue weighted by Gasteiger charge is 2.20. The van der Waals surface area contributed by atoms with Crippen LogP contribution in [-0.2, 0) is 0 Å². The van der Waals surface area contributed by atoms with Gasteiger partial charge in [0.2, 0.25) is 0 Å². The van der Waals surface area contributed by atoms with Crippen LogP contribution in [0.5, 0.6) is 5.75 Å². The van der Waals surface area contributed by atoms with Crippen molar-refractivity contribution in [2.24, 2.45) is 5.84 Å². The van der Waals surface area contributed by atoms with Gasteiger partial charge in [0.1, 0.15) is 11.6 Å². The van der Waals surface area contributed by atoms with Crippen LogP contribution in [-0.4, -0.2) is 16.8 Å². The summed E-state index contributed by atoms with van der Waals surface area (Å²) in [6.45, 7) is 2.53. The summed E-state index contributed by atoms with van der Waals surface area (Å²) in [5, 5.41) is 6.60. The molecular formula is C12H17N5O. The molecule has 0 amide bonds. The standard InChI is InChI=1S/C12H17N5O/c1-2-18-10-6-4-3-5-8(10)11(16-14)9-7-15-17-12(9)13/h3-7,11,16H,2,14H2,1H3,(H3,13,15,17). The summed E-state index contributed by atoms with van der Waals surface area (Å²) in [5.74, 6) is 6.90. The SMILES string of the molecule is CCOc1ccccc1C(NN)c1cn[nH]c1N. The molecule has 6 heteroatoms.